The van der Waals surface area contributed by atoms with Gasteiger partial charge in [0.05, 0.1) is 24.0 Å². The Morgan fingerprint density at radius 2 is 1.32 bits per heavy atom. The van der Waals surface area contributed by atoms with Crippen molar-refractivity contribution in [1.82, 2.24) is 0 Å². The molecule has 13 nitrogen and oxygen atoms in total. The van der Waals surface area contributed by atoms with Gasteiger partial charge in [-0.05, 0) is 57.6 Å². The van der Waals surface area contributed by atoms with Crippen LogP contribution in [0, 0.1) is 35.5 Å². The van der Waals surface area contributed by atoms with Crippen LogP contribution in [0.5, 0.6) is 0 Å². The lowest BCUT2D eigenvalue weighted by Gasteiger charge is -2.48. The fourth-order valence-electron chi connectivity index (χ4n) is 7.20. The van der Waals surface area contributed by atoms with Gasteiger partial charge in [0.1, 0.15) is 30.5 Å². The summed E-state index contributed by atoms with van der Waals surface area (Å²) in [6.07, 6.45) is -4.09. The lowest BCUT2D eigenvalue weighted by Crippen LogP contribution is -2.58. The number of carbonyl (C=O) groups excluding carboxylic acids is 6. The van der Waals surface area contributed by atoms with Crippen molar-refractivity contribution in [2.45, 2.75) is 131 Å². The number of epoxide rings is 1. The molecule has 0 aromatic carbocycles. The van der Waals surface area contributed by atoms with E-state index in [4.69, 9.17) is 33.2 Å². The molecule has 13 atom stereocenters. The first-order valence-corrected chi connectivity index (χ1v) is 17.4. The lowest BCUT2D eigenvalue weighted by molar-refractivity contribution is -0.185. The summed E-state index contributed by atoms with van der Waals surface area (Å²) >= 11 is 0. The van der Waals surface area contributed by atoms with Gasteiger partial charge in [-0.1, -0.05) is 34.3 Å². The molecule has 0 radical (unpaired) electrons. The van der Waals surface area contributed by atoms with Crippen LogP contribution in [0.1, 0.15) is 89.0 Å². The molecule has 0 spiro atoms. The first-order valence-electron chi connectivity index (χ1n) is 17.4. The molecule has 280 valence electrons. The minimum atomic E-state index is -1.26. The van der Waals surface area contributed by atoms with Crippen molar-refractivity contribution in [3.63, 3.8) is 0 Å². The van der Waals surface area contributed by atoms with Crippen LogP contribution in [0.2, 0.25) is 0 Å². The Balaban J connectivity index is 2.27. The number of esters is 6. The number of ether oxygens (including phenoxy) is 7. The maximum Gasteiger partial charge on any atom is 0.331 e. The van der Waals surface area contributed by atoms with Gasteiger partial charge in [0, 0.05) is 44.6 Å². The second-order valence-corrected chi connectivity index (χ2v) is 14.2. The summed E-state index contributed by atoms with van der Waals surface area (Å²) in [5.74, 6) is -7.64. The van der Waals surface area contributed by atoms with Crippen LogP contribution in [0.3, 0.4) is 0 Å². The number of fused-ring (bicyclic) bond motifs is 1. The van der Waals surface area contributed by atoms with Crippen molar-refractivity contribution in [1.29, 1.82) is 0 Å². The molecule has 3 aliphatic rings. The van der Waals surface area contributed by atoms with E-state index in [9.17, 15) is 28.8 Å². The van der Waals surface area contributed by atoms with Gasteiger partial charge in [-0.15, -0.1) is 0 Å². The van der Waals surface area contributed by atoms with Gasteiger partial charge in [-0.25, -0.2) is 4.79 Å². The fourth-order valence-corrected chi connectivity index (χ4v) is 7.20. The van der Waals surface area contributed by atoms with Crippen molar-refractivity contribution < 1.29 is 61.9 Å². The van der Waals surface area contributed by atoms with Crippen LogP contribution in [-0.2, 0) is 61.9 Å². The van der Waals surface area contributed by atoms with E-state index >= 15 is 0 Å². The van der Waals surface area contributed by atoms with E-state index in [1.165, 1.54) is 26.8 Å². The minimum Gasteiger partial charge on any atom is -0.462 e. The summed E-state index contributed by atoms with van der Waals surface area (Å²) in [4.78, 5) is 77.0. The van der Waals surface area contributed by atoms with Crippen LogP contribution in [0.15, 0.2) is 23.8 Å². The third kappa shape index (κ3) is 9.13. The summed E-state index contributed by atoms with van der Waals surface area (Å²) in [5, 5.41) is 0. The average Bonchev–Trinajstić information content (AvgIpc) is 3.69. The standard InChI is InChI=1S/C37H54O13/c1-13-17(3)35(42)49-32-27-20(6)31(48-26(41)15-19(5)21(7)45-23(9)38)34(50-36(43)18(4)14-2)30(37(12)16-44-37)29(27)28(22(8)46-24(10)39)33(32)47-25(11)40/h15,17-18,21-22,27-34H,6,13-14,16H2,1-5,7-12H3/b19-15+/t17?,18?,21?,22?,27-,28+,29-,30-,31-,32-,33+,34+,37+/m0/s1. The smallest absolute Gasteiger partial charge is 0.331 e. The van der Waals surface area contributed by atoms with Gasteiger partial charge in [-0.3, -0.25) is 24.0 Å². The van der Waals surface area contributed by atoms with E-state index in [2.05, 4.69) is 6.58 Å². The second-order valence-electron chi connectivity index (χ2n) is 14.2. The van der Waals surface area contributed by atoms with Crippen molar-refractivity contribution in [3.8, 4) is 0 Å². The molecule has 50 heavy (non-hydrogen) atoms. The van der Waals surface area contributed by atoms with Gasteiger partial charge in [-0.2, -0.15) is 0 Å². The Kier molecular flexibility index (Phi) is 13.4. The summed E-state index contributed by atoms with van der Waals surface area (Å²) < 4.78 is 41.4. The van der Waals surface area contributed by atoms with Gasteiger partial charge in [0.2, 0.25) is 0 Å². The van der Waals surface area contributed by atoms with Crippen LogP contribution < -0.4 is 0 Å². The average molecular weight is 707 g/mol. The Morgan fingerprint density at radius 3 is 1.78 bits per heavy atom. The van der Waals surface area contributed by atoms with E-state index in [-0.39, 0.29) is 12.2 Å². The fraction of sp³-hybridized carbons (Fsp3) is 0.730. The molecule has 2 aliphatic carbocycles. The zero-order valence-electron chi connectivity index (χ0n) is 31.1. The van der Waals surface area contributed by atoms with E-state index < -0.39 is 114 Å². The molecule has 1 saturated heterocycles. The van der Waals surface area contributed by atoms with Crippen LogP contribution in [-0.4, -0.2) is 84.6 Å². The predicted molar refractivity (Wildman–Crippen MR) is 178 cm³/mol. The van der Waals surface area contributed by atoms with Gasteiger partial charge >= 0.3 is 35.8 Å². The Morgan fingerprint density at radius 1 is 0.800 bits per heavy atom. The van der Waals surface area contributed by atoms with Gasteiger partial charge in [0.15, 0.2) is 6.10 Å². The zero-order chi connectivity index (χ0) is 37.8. The Hall–Kier alpha value is -3.74. The van der Waals surface area contributed by atoms with Gasteiger partial charge in [0.25, 0.3) is 0 Å². The maximum atomic E-state index is 13.6. The SMILES string of the molecule is C=C1[C@@H]2[C@H](OC(=O)C(C)CC)[C@H](OC(C)=O)[C@H](C(C)OC(C)=O)[C@H]2[C@H]([C@@]2(C)CO2)[C@@H](OC(=O)C(C)CC)[C@H]1OC(=O)/C=C(\C)C(C)OC(C)=O. The quantitative estimate of drug-likeness (QED) is 0.0818. The highest BCUT2D eigenvalue weighted by Crippen LogP contribution is 2.60. The monoisotopic (exact) mass is 706 g/mol. The number of hydrogen-bond acceptors (Lipinski definition) is 13. The maximum absolute atomic E-state index is 13.6. The van der Waals surface area contributed by atoms with Crippen LogP contribution in [0.4, 0.5) is 0 Å². The molecular formula is C37H54O13. The number of rotatable bonds is 14. The molecule has 13 heteroatoms. The lowest BCUT2D eigenvalue weighted by atomic mass is 9.61. The predicted octanol–water partition coefficient (Wildman–Crippen LogP) is 4.43. The highest BCUT2D eigenvalue weighted by Gasteiger charge is 2.71. The number of hydrogen-bond donors (Lipinski definition) is 0. The number of carbonyl (C=O) groups is 6. The first kappa shape index (κ1) is 40.7. The van der Waals surface area contributed by atoms with Gasteiger partial charge < -0.3 is 33.2 Å². The molecule has 3 rings (SSSR count). The third-order valence-electron chi connectivity index (χ3n) is 10.4. The second kappa shape index (κ2) is 16.5. The zero-order valence-corrected chi connectivity index (χ0v) is 31.1. The molecule has 0 aromatic heterocycles. The minimum absolute atomic E-state index is 0.258. The Bertz CT molecular complexity index is 1360. The topological polar surface area (TPSA) is 170 Å². The summed E-state index contributed by atoms with van der Waals surface area (Å²) in [6.45, 7) is 22.2. The van der Waals surface area contributed by atoms with Crippen molar-refractivity contribution in [2.24, 2.45) is 35.5 Å². The third-order valence-corrected chi connectivity index (χ3v) is 10.4. The van der Waals surface area contributed by atoms with Crippen molar-refractivity contribution >= 4 is 35.8 Å². The molecule has 0 amide bonds. The molecule has 0 bridgehead atoms. The molecule has 1 aliphatic heterocycles. The first-order chi connectivity index (χ1) is 23.3. The molecular weight excluding hydrogens is 652 g/mol. The molecule has 2 saturated carbocycles. The van der Waals surface area contributed by atoms with E-state index in [0.29, 0.717) is 18.4 Å². The molecule has 1 heterocycles. The molecule has 4 unspecified atom stereocenters. The Labute approximate surface area is 294 Å². The van der Waals surface area contributed by atoms with Crippen LogP contribution >= 0.6 is 0 Å². The molecule has 3 fully saturated rings. The van der Waals surface area contributed by atoms with E-state index in [1.54, 1.807) is 34.6 Å². The largest absolute Gasteiger partial charge is 0.462 e. The van der Waals surface area contributed by atoms with E-state index in [1.807, 2.05) is 20.8 Å². The molecule has 0 N–H and O–H groups in total. The van der Waals surface area contributed by atoms with Crippen LogP contribution in [0.25, 0.3) is 0 Å². The highest BCUT2D eigenvalue weighted by molar-refractivity contribution is 5.83. The molecule has 0 aromatic rings. The summed E-state index contributed by atoms with van der Waals surface area (Å²) in [5.41, 5.74) is -0.255. The normalized spacial score (nSPS) is 32.7. The van der Waals surface area contributed by atoms with Crippen molar-refractivity contribution in [3.05, 3.63) is 23.8 Å². The highest BCUT2D eigenvalue weighted by atomic mass is 16.6. The summed E-state index contributed by atoms with van der Waals surface area (Å²) in [6, 6.07) is 0. The van der Waals surface area contributed by atoms with Crippen molar-refractivity contribution in [2.75, 3.05) is 6.61 Å². The summed E-state index contributed by atoms with van der Waals surface area (Å²) in [7, 11) is 0. The van der Waals surface area contributed by atoms with E-state index in [0.717, 1.165) is 0 Å².